The second-order valence-electron chi connectivity index (χ2n) is 4.65. The molecule has 1 unspecified atom stereocenters. The molecule has 0 spiro atoms. The van der Waals surface area contributed by atoms with Gasteiger partial charge in [-0.25, -0.2) is 0 Å². The third-order valence-corrected chi connectivity index (χ3v) is 3.80. The molecule has 1 nitrogen and oxygen atoms in total. The van der Waals surface area contributed by atoms with Gasteiger partial charge < -0.3 is 5.32 Å². The lowest BCUT2D eigenvalue weighted by Crippen LogP contribution is -2.25. The zero-order valence-electron chi connectivity index (χ0n) is 11.0. The van der Waals surface area contributed by atoms with E-state index >= 15 is 0 Å². The minimum atomic E-state index is 0.755. The maximum Gasteiger partial charge on any atom is 0.0207 e. The van der Waals surface area contributed by atoms with Crippen LogP contribution >= 0.6 is 15.9 Å². The number of halogens is 1. The molecule has 2 heteroatoms. The minimum absolute atomic E-state index is 0.755. The standard InChI is InChI=1S/C15H24BrN/c1-3-7-13(12-17-10-4-2)11-14-8-5-6-9-15(14)16/h5-6,8-9,13,17H,3-4,7,10-12H2,1-2H3. The molecule has 0 radical (unpaired) electrons. The van der Waals surface area contributed by atoms with Crippen molar-refractivity contribution in [3.8, 4) is 0 Å². The first-order chi connectivity index (χ1) is 8.27. The van der Waals surface area contributed by atoms with E-state index in [9.17, 15) is 0 Å². The van der Waals surface area contributed by atoms with Crippen LogP contribution in [0, 0.1) is 5.92 Å². The SMILES string of the molecule is CCCNCC(CCC)Cc1ccccc1Br. The van der Waals surface area contributed by atoms with Crippen molar-refractivity contribution in [2.75, 3.05) is 13.1 Å². The maximum absolute atomic E-state index is 3.64. The fourth-order valence-corrected chi connectivity index (χ4v) is 2.59. The Labute approximate surface area is 114 Å². The van der Waals surface area contributed by atoms with Gasteiger partial charge in [0.2, 0.25) is 0 Å². The fraction of sp³-hybridized carbons (Fsp3) is 0.600. The van der Waals surface area contributed by atoms with Gasteiger partial charge in [-0.3, -0.25) is 0 Å². The van der Waals surface area contributed by atoms with E-state index in [0.29, 0.717) is 0 Å². The van der Waals surface area contributed by atoms with Gasteiger partial charge in [0.1, 0.15) is 0 Å². The molecule has 0 heterocycles. The highest BCUT2D eigenvalue weighted by molar-refractivity contribution is 9.10. The molecular formula is C15H24BrN. The van der Waals surface area contributed by atoms with Crippen LogP contribution in [0.4, 0.5) is 0 Å². The lowest BCUT2D eigenvalue weighted by molar-refractivity contribution is 0.438. The maximum atomic E-state index is 3.64. The Morgan fingerprint density at radius 1 is 1.18 bits per heavy atom. The zero-order chi connectivity index (χ0) is 12.5. The Balaban J connectivity index is 2.50. The molecule has 1 aromatic rings. The van der Waals surface area contributed by atoms with Gasteiger partial charge in [0.15, 0.2) is 0 Å². The van der Waals surface area contributed by atoms with Gasteiger partial charge in [-0.2, -0.15) is 0 Å². The summed E-state index contributed by atoms with van der Waals surface area (Å²) in [4.78, 5) is 0. The summed E-state index contributed by atoms with van der Waals surface area (Å²) in [7, 11) is 0. The first kappa shape index (κ1) is 14.7. The molecule has 1 rings (SSSR count). The fourth-order valence-electron chi connectivity index (χ4n) is 2.14. The summed E-state index contributed by atoms with van der Waals surface area (Å²) >= 11 is 3.64. The van der Waals surface area contributed by atoms with Crippen LogP contribution in [-0.4, -0.2) is 13.1 Å². The number of nitrogens with one attached hydrogen (secondary N) is 1. The zero-order valence-corrected chi connectivity index (χ0v) is 12.6. The third-order valence-electron chi connectivity index (χ3n) is 3.02. The van der Waals surface area contributed by atoms with E-state index in [4.69, 9.17) is 0 Å². The van der Waals surface area contributed by atoms with E-state index in [1.165, 1.54) is 35.7 Å². The van der Waals surface area contributed by atoms with Crippen molar-refractivity contribution >= 4 is 15.9 Å². The van der Waals surface area contributed by atoms with E-state index in [0.717, 1.165) is 19.0 Å². The molecule has 0 saturated carbocycles. The predicted molar refractivity (Wildman–Crippen MR) is 79.4 cm³/mol. The first-order valence-electron chi connectivity index (χ1n) is 6.72. The molecule has 0 aliphatic rings. The van der Waals surface area contributed by atoms with Crippen molar-refractivity contribution in [3.63, 3.8) is 0 Å². The van der Waals surface area contributed by atoms with E-state index < -0.39 is 0 Å². The molecule has 0 aliphatic heterocycles. The lowest BCUT2D eigenvalue weighted by atomic mass is 9.95. The summed E-state index contributed by atoms with van der Waals surface area (Å²) in [6.07, 6.45) is 4.96. The molecular weight excluding hydrogens is 274 g/mol. The van der Waals surface area contributed by atoms with Crippen LogP contribution in [0.5, 0.6) is 0 Å². The average molecular weight is 298 g/mol. The minimum Gasteiger partial charge on any atom is -0.316 e. The molecule has 0 fully saturated rings. The monoisotopic (exact) mass is 297 g/mol. The highest BCUT2D eigenvalue weighted by Crippen LogP contribution is 2.21. The van der Waals surface area contributed by atoms with Crippen molar-refractivity contribution in [2.24, 2.45) is 5.92 Å². The molecule has 1 aromatic carbocycles. The molecule has 17 heavy (non-hydrogen) atoms. The molecule has 0 bridgehead atoms. The number of hydrogen-bond donors (Lipinski definition) is 1. The highest BCUT2D eigenvalue weighted by atomic mass is 79.9. The van der Waals surface area contributed by atoms with Gasteiger partial charge in [-0.1, -0.05) is 54.4 Å². The van der Waals surface area contributed by atoms with E-state index in [1.54, 1.807) is 0 Å². The van der Waals surface area contributed by atoms with Gasteiger partial charge in [-0.15, -0.1) is 0 Å². The van der Waals surface area contributed by atoms with Gasteiger partial charge in [0, 0.05) is 4.47 Å². The summed E-state index contributed by atoms with van der Waals surface area (Å²) in [6, 6.07) is 8.57. The van der Waals surface area contributed by atoms with E-state index in [1.807, 2.05) is 0 Å². The molecule has 0 amide bonds. The lowest BCUT2D eigenvalue weighted by Gasteiger charge is -2.17. The molecule has 1 N–H and O–H groups in total. The molecule has 96 valence electrons. The molecule has 0 aliphatic carbocycles. The largest absolute Gasteiger partial charge is 0.316 e. The second-order valence-corrected chi connectivity index (χ2v) is 5.51. The Morgan fingerprint density at radius 2 is 1.94 bits per heavy atom. The quantitative estimate of drug-likeness (QED) is 0.701. The average Bonchev–Trinajstić information content (AvgIpc) is 2.32. The van der Waals surface area contributed by atoms with Gasteiger partial charge in [0.05, 0.1) is 0 Å². The molecule has 1 atom stereocenters. The Bertz CT molecular complexity index is 312. The summed E-state index contributed by atoms with van der Waals surface area (Å²) in [5.41, 5.74) is 1.43. The van der Waals surface area contributed by atoms with Crippen LogP contribution in [0.15, 0.2) is 28.7 Å². The van der Waals surface area contributed by atoms with Crippen molar-refractivity contribution < 1.29 is 0 Å². The Morgan fingerprint density at radius 3 is 2.59 bits per heavy atom. The van der Waals surface area contributed by atoms with Crippen LogP contribution in [0.25, 0.3) is 0 Å². The predicted octanol–water partition coefficient (Wildman–Crippen LogP) is 4.41. The second kappa shape index (κ2) is 8.71. The van der Waals surface area contributed by atoms with Crippen LogP contribution < -0.4 is 5.32 Å². The summed E-state index contributed by atoms with van der Waals surface area (Å²) < 4.78 is 1.25. The van der Waals surface area contributed by atoms with Crippen molar-refractivity contribution in [1.82, 2.24) is 5.32 Å². The third kappa shape index (κ3) is 5.69. The Hall–Kier alpha value is -0.340. The topological polar surface area (TPSA) is 12.0 Å². The first-order valence-corrected chi connectivity index (χ1v) is 7.51. The van der Waals surface area contributed by atoms with Gasteiger partial charge >= 0.3 is 0 Å². The summed E-state index contributed by atoms with van der Waals surface area (Å²) in [5, 5.41) is 3.54. The Kier molecular flexibility index (Phi) is 7.54. The number of benzene rings is 1. The smallest absolute Gasteiger partial charge is 0.0207 e. The van der Waals surface area contributed by atoms with Gasteiger partial charge in [0.25, 0.3) is 0 Å². The van der Waals surface area contributed by atoms with Crippen LogP contribution in [0.1, 0.15) is 38.7 Å². The number of hydrogen-bond acceptors (Lipinski definition) is 1. The molecule has 0 saturated heterocycles. The van der Waals surface area contributed by atoms with Gasteiger partial charge in [-0.05, 0) is 49.9 Å². The van der Waals surface area contributed by atoms with Crippen molar-refractivity contribution in [2.45, 2.75) is 39.5 Å². The normalized spacial score (nSPS) is 12.6. The molecule has 0 aromatic heterocycles. The van der Waals surface area contributed by atoms with Crippen LogP contribution in [0.2, 0.25) is 0 Å². The van der Waals surface area contributed by atoms with Crippen LogP contribution in [-0.2, 0) is 6.42 Å². The summed E-state index contributed by atoms with van der Waals surface area (Å²) in [6.45, 7) is 6.77. The van der Waals surface area contributed by atoms with Crippen molar-refractivity contribution in [1.29, 1.82) is 0 Å². The van der Waals surface area contributed by atoms with Crippen molar-refractivity contribution in [3.05, 3.63) is 34.3 Å². The summed E-state index contributed by atoms with van der Waals surface area (Å²) in [5.74, 6) is 0.755. The highest BCUT2D eigenvalue weighted by Gasteiger charge is 2.10. The van der Waals surface area contributed by atoms with E-state index in [-0.39, 0.29) is 0 Å². The van der Waals surface area contributed by atoms with E-state index in [2.05, 4.69) is 59.4 Å². The van der Waals surface area contributed by atoms with Crippen LogP contribution in [0.3, 0.4) is 0 Å². The number of rotatable bonds is 8.